The molecule has 1 heterocycles. The quantitative estimate of drug-likeness (QED) is 0.842. The van der Waals surface area contributed by atoms with Crippen LogP contribution in [0.3, 0.4) is 0 Å². The van der Waals surface area contributed by atoms with Crippen LogP contribution in [-0.2, 0) is 14.6 Å². The summed E-state index contributed by atoms with van der Waals surface area (Å²) in [5, 5.41) is 4.51. The molecule has 1 aromatic carbocycles. The summed E-state index contributed by atoms with van der Waals surface area (Å²) in [5.74, 6) is -0.158. The fraction of sp³-hybridized carbons (Fsp3) is 0.308. The van der Waals surface area contributed by atoms with Gasteiger partial charge in [0.15, 0.2) is 5.25 Å². The minimum atomic E-state index is -4.07. The molecule has 0 saturated heterocycles. The Balaban J connectivity index is 2.02. The largest absolute Gasteiger partial charge is 0.368 e. The highest BCUT2D eigenvalue weighted by Gasteiger charge is 2.38. The number of aromatic amines is 1. The number of hydrogen-bond donors (Lipinski definition) is 2. The van der Waals surface area contributed by atoms with Gasteiger partial charge in [-0.15, -0.1) is 5.10 Å². The third-order valence-corrected chi connectivity index (χ3v) is 5.19. The lowest BCUT2D eigenvalue weighted by molar-refractivity contribution is -0.117. The Labute approximate surface area is 121 Å². The lowest BCUT2D eigenvalue weighted by Crippen LogP contribution is -2.29. The first-order chi connectivity index (χ1) is 10.00. The molecule has 0 unspecified atom stereocenters. The molecule has 2 aromatic rings. The predicted molar refractivity (Wildman–Crippen MR) is 73.9 cm³/mol. The van der Waals surface area contributed by atoms with Crippen molar-refractivity contribution in [2.75, 3.05) is 0 Å². The van der Waals surface area contributed by atoms with Crippen LogP contribution in [0.25, 0.3) is 0 Å². The first kappa shape index (κ1) is 13.7. The van der Waals surface area contributed by atoms with E-state index in [-0.39, 0.29) is 11.1 Å². The molecular formula is C13H14N4O3S. The van der Waals surface area contributed by atoms with Crippen LogP contribution in [0.15, 0.2) is 35.5 Å². The maximum atomic E-state index is 12.6. The molecule has 1 aliphatic carbocycles. The summed E-state index contributed by atoms with van der Waals surface area (Å²) < 4.78 is 25.2. The van der Waals surface area contributed by atoms with Gasteiger partial charge in [0, 0.05) is 5.92 Å². The van der Waals surface area contributed by atoms with Gasteiger partial charge in [0.2, 0.25) is 15.7 Å². The van der Waals surface area contributed by atoms with E-state index in [1.54, 1.807) is 30.3 Å². The van der Waals surface area contributed by atoms with E-state index in [2.05, 4.69) is 15.2 Å². The molecule has 3 rings (SSSR count). The number of nitrogens with zero attached hydrogens (tertiary/aromatic N) is 2. The lowest BCUT2D eigenvalue weighted by Gasteiger charge is -2.12. The smallest absolute Gasteiger partial charge is 0.268 e. The van der Waals surface area contributed by atoms with Crippen molar-refractivity contribution >= 4 is 15.7 Å². The van der Waals surface area contributed by atoms with Gasteiger partial charge in [-0.1, -0.05) is 30.3 Å². The van der Waals surface area contributed by atoms with Crippen molar-refractivity contribution in [2.24, 2.45) is 5.73 Å². The molecule has 1 amide bonds. The number of rotatable bonds is 5. The molecule has 1 atom stereocenters. The number of aromatic nitrogens is 3. The number of carbonyl (C=O) groups excluding carboxylic acids is 1. The van der Waals surface area contributed by atoms with Crippen molar-refractivity contribution in [3.63, 3.8) is 0 Å². The zero-order valence-electron chi connectivity index (χ0n) is 11.1. The molecule has 3 N–H and O–H groups in total. The summed E-state index contributed by atoms with van der Waals surface area (Å²) in [4.78, 5) is 15.7. The van der Waals surface area contributed by atoms with Crippen LogP contribution in [0.2, 0.25) is 0 Å². The van der Waals surface area contributed by atoms with Gasteiger partial charge < -0.3 is 5.73 Å². The highest BCUT2D eigenvalue weighted by atomic mass is 32.2. The first-order valence-corrected chi connectivity index (χ1v) is 8.05. The van der Waals surface area contributed by atoms with Gasteiger partial charge in [0.05, 0.1) is 0 Å². The van der Waals surface area contributed by atoms with Crippen molar-refractivity contribution < 1.29 is 13.2 Å². The number of nitrogens with two attached hydrogens (primary N) is 1. The van der Waals surface area contributed by atoms with Gasteiger partial charge in [0.25, 0.3) is 5.16 Å². The zero-order chi connectivity index (χ0) is 15.0. The van der Waals surface area contributed by atoms with Crippen molar-refractivity contribution in [1.82, 2.24) is 15.2 Å². The average molecular weight is 306 g/mol. The summed E-state index contributed by atoms with van der Waals surface area (Å²) in [6.45, 7) is 0. The number of primary amides is 1. The fourth-order valence-corrected chi connectivity index (χ4v) is 3.58. The van der Waals surface area contributed by atoms with Crippen LogP contribution in [0.4, 0.5) is 0 Å². The van der Waals surface area contributed by atoms with E-state index >= 15 is 0 Å². The normalized spacial score (nSPS) is 16.6. The maximum Gasteiger partial charge on any atom is 0.268 e. The number of hydrogen-bond acceptors (Lipinski definition) is 5. The Morgan fingerprint density at radius 1 is 1.29 bits per heavy atom. The van der Waals surface area contributed by atoms with Crippen molar-refractivity contribution in [2.45, 2.75) is 29.2 Å². The van der Waals surface area contributed by atoms with Crippen LogP contribution in [0.1, 0.15) is 35.4 Å². The molecular weight excluding hydrogens is 292 g/mol. The van der Waals surface area contributed by atoms with Crippen LogP contribution in [0.5, 0.6) is 0 Å². The molecule has 21 heavy (non-hydrogen) atoms. The van der Waals surface area contributed by atoms with Crippen molar-refractivity contribution in [3.8, 4) is 0 Å². The zero-order valence-corrected chi connectivity index (χ0v) is 11.9. The summed E-state index contributed by atoms with van der Waals surface area (Å²) >= 11 is 0. The second-order valence-corrected chi connectivity index (χ2v) is 6.94. The van der Waals surface area contributed by atoms with Crippen molar-refractivity contribution in [3.05, 3.63) is 41.7 Å². The third-order valence-electron chi connectivity index (χ3n) is 3.37. The molecule has 7 nitrogen and oxygen atoms in total. The Hall–Kier alpha value is -2.22. The van der Waals surface area contributed by atoms with Gasteiger partial charge in [-0.25, -0.2) is 13.4 Å². The van der Waals surface area contributed by atoms with E-state index in [1.807, 2.05) is 0 Å². The van der Waals surface area contributed by atoms with Crippen LogP contribution >= 0.6 is 0 Å². The highest BCUT2D eigenvalue weighted by molar-refractivity contribution is 7.92. The fourth-order valence-electron chi connectivity index (χ4n) is 2.15. The van der Waals surface area contributed by atoms with Gasteiger partial charge in [-0.2, -0.15) is 0 Å². The van der Waals surface area contributed by atoms with E-state index in [0.717, 1.165) is 12.8 Å². The van der Waals surface area contributed by atoms with Crippen LogP contribution < -0.4 is 5.73 Å². The summed E-state index contributed by atoms with van der Waals surface area (Å²) in [7, 11) is -4.07. The first-order valence-electron chi connectivity index (χ1n) is 6.50. The predicted octanol–water partition coefficient (Wildman–Crippen LogP) is 0.682. The second-order valence-electron chi connectivity index (χ2n) is 5.02. The maximum absolute atomic E-state index is 12.6. The Morgan fingerprint density at radius 3 is 2.52 bits per heavy atom. The monoisotopic (exact) mass is 306 g/mol. The lowest BCUT2D eigenvalue weighted by atomic mass is 10.1. The van der Waals surface area contributed by atoms with E-state index in [1.165, 1.54) is 0 Å². The highest BCUT2D eigenvalue weighted by Crippen LogP contribution is 2.38. The van der Waals surface area contributed by atoms with Crippen molar-refractivity contribution in [1.29, 1.82) is 0 Å². The van der Waals surface area contributed by atoms with Gasteiger partial charge in [-0.05, 0) is 18.4 Å². The summed E-state index contributed by atoms with van der Waals surface area (Å²) in [6, 6.07) is 8.11. The molecule has 1 saturated carbocycles. The molecule has 1 aromatic heterocycles. The van der Waals surface area contributed by atoms with E-state index in [4.69, 9.17) is 5.73 Å². The molecule has 0 bridgehead atoms. The summed E-state index contributed by atoms with van der Waals surface area (Å²) in [6.07, 6.45) is 1.93. The SMILES string of the molecule is NC(=O)[C@@H](c1ccccc1)S(=O)(=O)c1n[nH]c(C2CC2)n1. The van der Waals surface area contributed by atoms with Crippen LogP contribution in [0, 0.1) is 0 Å². The number of H-pyrrole nitrogens is 1. The van der Waals surface area contributed by atoms with E-state index in [9.17, 15) is 13.2 Å². The Bertz CT molecular complexity index is 766. The molecule has 110 valence electrons. The molecule has 0 radical (unpaired) electrons. The minimum absolute atomic E-state index is 0.241. The molecule has 0 aliphatic heterocycles. The topological polar surface area (TPSA) is 119 Å². The third kappa shape index (κ3) is 2.54. The molecule has 1 aliphatic rings. The van der Waals surface area contributed by atoms with Crippen LogP contribution in [-0.4, -0.2) is 29.5 Å². The standard InChI is InChI=1S/C13H14N4O3S/c14-11(18)10(8-4-2-1-3-5-8)21(19,20)13-15-12(16-17-13)9-6-7-9/h1-5,9-10H,6-7H2,(H2,14,18)(H,15,16,17)/t10-/m1/s1. The van der Waals surface area contributed by atoms with Gasteiger partial charge in [0.1, 0.15) is 5.82 Å². The second kappa shape index (κ2) is 4.96. The van der Waals surface area contributed by atoms with E-state index in [0.29, 0.717) is 11.4 Å². The molecule has 8 heteroatoms. The van der Waals surface area contributed by atoms with Gasteiger partial charge in [-0.3, -0.25) is 9.89 Å². The van der Waals surface area contributed by atoms with Gasteiger partial charge >= 0.3 is 0 Å². The Morgan fingerprint density at radius 2 is 1.95 bits per heavy atom. The minimum Gasteiger partial charge on any atom is -0.368 e. The van der Waals surface area contributed by atoms with E-state index < -0.39 is 21.0 Å². The number of carbonyl (C=O) groups is 1. The molecule has 1 fully saturated rings. The molecule has 0 spiro atoms. The average Bonchev–Trinajstić information content (AvgIpc) is 3.16. The number of amides is 1. The number of sulfone groups is 1. The number of benzene rings is 1. The number of nitrogens with one attached hydrogen (secondary N) is 1. The summed E-state index contributed by atoms with van der Waals surface area (Å²) in [5.41, 5.74) is 5.60. The Kier molecular flexibility index (Phi) is 3.25.